The summed E-state index contributed by atoms with van der Waals surface area (Å²) in [6.07, 6.45) is 2.62. The van der Waals surface area contributed by atoms with Crippen molar-refractivity contribution in [3.63, 3.8) is 0 Å². The van der Waals surface area contributed by atoms with E-state index in [2.05, 4.69) is 15.6 Å². The molecule has 1 aliphatic heterocycles. The number of rotatable bonds is 4. The summed E-state index contributed by atoms with van der Waals surface area (Å²) in [5, 5.41) is 5.94. The third-order valence-corrected chi connectivity index (χ3v) is 6.33. The van der Waals surface area contributed by atoms with Gasteiger partial charge < -0.3 is 15.6 Å². The fraction of sp³-hybridized carbons (Fsp3) is 0.400. The molecule has 0 radical (unpaired) electrons. The SMILES string of the molecule is O=C(NCCc1c[nH]c2ccccc12)N[C@@H]1CS(=O)(=O)C[C@@H]1Cl. The number of hydrogen-bond acceptors (Lipinski definition) is 3. The number of urea groups is 1. The van der Waals surface area contributed by atoms with E-state index in [0.29, 0.717) is 13.0 Å². The van der Waals surface area contributed by atoms with Crippen molar-refractivity contribution in [1.82, 2.24) is 15.6 Å². The van der Waals surface area contributed by atoms with Crippen molar-refractivity contribution in [3.05, 3.63) is 36.0 Å². The second-order valence-electron chi connectivity index (χ2n) is 5.71. The Hall–Kier alpha value is -1.73. The van der Waals surface area contributed by atoms with Crippen LogP contribution >= 0.6 is 11.6 Å². The first kappa shape index (κ1) is 16.1. The molecule has 124 valence electrons. The molecule has 3 N–H and O–H groups in total. The first-order chi connectivity index (χ1) is 10.9. The number of amides is 2. The maximum Gasteiger partial charge on any atom is 0.315 e. The minimum absolute atomic E-state index is 0.0885. The Morgan fingerprint density at radius 1 is 1.30 bits per heavy atom. The summed E-state index contributed by atoms with van der Waals surface area (Å²) < 4.78 is 22.9. The Morgan fingerprint density at radius 2 is 2.09 bits per heavy atom. The van der Waals surface area contributed by atoms with Crippen LogP contribution in [0.1, 0.15) is 5.56 Å². The van der Waals surface area contributed by atoms with E-state index >= 15 is 0 Å². The second kappa shape index (κ2) is 6.41. The Morgan fingerprint density at radius 3 is 2.83 bits per heavy atom. The summed E-state index contributed by atoms with van der Waals surface area (Å²) >= 11 is 5.96. The van der Waals surface area contributed by atoms with Crippen molar-refractivity contribution in [2.45, 2.75) is 17.8 Å². The summed E-state index contributed by atoms with van der Waals surface area (Å²) in [4.78, 5) is 15.1. The Kier molecular flexibility index (Phi) is 4.50. The topological polar surface area (TPSA) is 91.1 Å². The number of alkyl halides is 1. The molecule has 6 nitrogen and oxygen atoms in total. The molecule has 1 aromatic heterocycles. The minimum atomic E-state index is -3.15. The molecule has 0 spiro atoms. The van der Waals surface area contributed by atoms with Crippen molar-refractivity contribution in [2.24, 2.45) is 0 Å². The largest absolute Gasteiger partial charge is 0.361 e. The highest BCUT2D eigenvalue weighted by Crippen LogP contribution is 2.18. The number of carbonyl (C=O) groups is 1. The number of hydrogen-bond donors (Lipinski definition) is 3. The molecule has 2 atom stereocenters. The minimum Gasteiger partial charge on any atom is -0.361 e. The number of nitrogens with one attached hydrogen (secondary N) is 3. The zero-order valence-electron chi connectivity index (χ0n) is 12.4. The number of aromatic amines is 1. The van der Waals surface area contributed by atoms with E-state index in [0.717, 1.165) is 16.5 Å². The lowest BCUT2D eigenvalue weighted by Crippen LogP contribution is -2.46. The van der Waals surface area contributed by atoms with Gasteiger partial charge in [0.05, 0.1) is 22.9 Å². The summed E-state index contributed by atoms with van der Waals surface area (Å²) in [6, 6.07) is 7.04. The van der Waals surface area contributed by atoms with Gasteiger partial charge in [0.25, 0.3) is 0 Å². The van der Waals surface area contributed by atoms with Crippen LogP contribution in [0, 0.1) is 0 Å². The van der Waals surface area contributed by atoms with E-state index in [9.17, 15) is 13.2 Å². The monoisotopic (exact) mass is 355 g/mol. The maximum absolute atomic E-state index is 11.9. The lowest BCUT2D eigenvalue weighted by Gasteiger charge is -2.14. The van der Waals surface area contributed by atoms with Crippen LogP contribution in [0.5, 0.6) is 0 Å². The molecule has 23 heavy (non-hydrogen) atoms. The highest BCUT2D eigenvalue weighted by Gasteiger charge is 2.37. The van der Waals surface area contributed by atoms with Crippen LogP contribution in [-0.4, -0.2) is 48.9 Å². The van der Waals surface area contributed by atoms with Crippen LogP contribution in [0.15, 0.2) is 30.5 Å². The number of carbonyl (C=O) groups excluding carboxylic acids is 1. The maximum atomic E-state index is 11.9. The van der Waals surface area contributed by atoms with Crippen molar-refractivity contribution in [1.29, 1.82) is 0 Å². The number of aromatic nitrogens is 1. The van der Waals surface area contributed by atoms with E-state index in [1.807, 2.05) is 30.5 Å². The molecule has 0 unspecified atom stereocenters. The normalized spacial score (nSPS) is 23.0. The van der Waals surface area contributed by atoms with Gasteiger partial charge in [-0.2, -0.15) is 0 Å². The van der Waals surface area contributed by atoms with Crippen LogP contribution in [-0.2, 0) is 16.3 Å². The Labute approximate surface area is 139 Å². The fourth-order valence-electron chi connectivity index (χ4n) is 2.81. The molecular weight excluding hydrogens is 338 g/mol. The predicted octanol–water partition coefficient (Wildman–Crippen LogP) is 1.41. The van der Waals surface area contributed by atoms with Crippen molar-refractivity contribution in [2.75, 3.05) is 18.1 Å². The van der Waals surface area contributed by atoms with E-state index in [-0.39, 0.29) is 11.5 Å². The van der Waals surface area contributed by atoms with Crippen LogP contribution < -0.4 is 10.6 Å². The molecule has 1 aliphatic rings. The number of H-pyrrole nitrogens is 1. The van der Waals surface area contributed by atoms with Gasteiger partial charge in [-0.15, -0.1) is 11.6 Å². The molecule has 3 rings (SSSR count). The molecule has 0 aliphatic carbocycles. The van der Waals surface area contributed by atoms with E-state index in [1.54, 1.807) is 0 Å². The van der Waals surface area contributed by atoms with Crippen LogP contribution in [0.4, 0.5) is 4.79 Å². The first-order valence-corrected chi connectivity index (χ1v) is 9.64. The summed E-state index contributed by atoms with van der Waals surface area (Å²) in [7, 11) is -3.15. The predicted molar refractivity (Wildman–Crippen MR) is 90.6 cm³/mol. The highest BCUT2D eigenvalue weighted by molar-refractivity contribution is 7.91. The van der Waals surface area contributed by atoms with E-state index in [1.165, 1.54) is 0 Å². The molecule has 8 heteroatoms. The fourth-order valence-corrected chi connectivity index (χ4v) is 5.36. The van der Waals surface area contributed by atoms with Gasteiger partial charge in [0.1, 0.15) is 0 Å². The van der Waals surface area contributed by atoms with Crippen LogP contribution in [0.3, 0.4) is 0 Å². The standard InChI is InChI=1S/C15H18ClN3O3S/c16-12-8-23(21,22)9-14(12)19-15(20)17-6-5-10-7-18-13-4-2-1-3-11(10)13/h1-4,7,12,14,18H,5-6,8-9H2,(H2,17,19,20)/t12-,14+/m0/s1. The van der Waals surface area contributed by atoms with E-state index < -0.39 is 27.3 Å². The molecule has 1 saturated heterocycles. The summed E-state index contributed by atoms with van der Waals surface area (Å²) in [5.41, 5.74) is 2.19. The third-order valence-electron chi connectivity index (χ3n) is 3.95. The molecule has 2 aromatic rings. The smallest absolute Gasteiger partial charge is 0.315 e. The summed E-state index contributed by atoms with van der Waals surface area (Å²) in [5.74, 6) is -0.189. The molecule has 0 bridgehead atoms. The highest BCUT2D eigenvalue weighted by atomic mass is 35.5. The molecule has 2 amide bonds. The van der Waals surface area contributed by atoms with Gasteiger partial charge in [0.2, 0.25) is 0 Å². The lowest BCUT2D eigenvalue weighted by atomic mass is 10.1. The van der Waals surface area contributed by atoms with Gasteiger partial charge in [0, 0.05) is 23.6 Å². The number of halogens is 1. The van der Waals surface area contributed by atoms with Gasteiger partial charge in [-0.25, -0.2) is 13.2 Å². The van der Waals surface area contributed by atoms with Gasteiger partial charge in [0.15, 0.2) is 9.84 Å². The number of benzene rings is 1. The van der Waals surface area contributed by atoms with Crippen LogP contribution in [0.25, 0.3) is 10.9 Å². The van der Waals surface area contributed by atoms with Gasteiger partial charge in [-0.05, 0) is 18.1 Å². The van der Waals surface area contributed by atoms with E-state index in [4.69, 9.17) is 11.6 Å². The number of sulfone groups is 1. The number of fused-ring (bicyclic) bond motifs is 1. The lowest BCUT2D eigenvalue weighted by molar-refractivity contribution is 0.238. The molecule has 0 saturated carbocycles. The molecular formula is C15H18ClN3O3S. The van der Waals surface area contributed by atoms with Gasteiger partial charge in [-0.3, -0.25) is 0 Å². The third kappa shape index (κ3) is 3.79. The molecule has 2 heterocycles. The first-order valence-electron chi connectivity index (χ1n) is 7.38. The zero-order valence-corrected chi connectivity index (χ0v) is 14.0. The zero-order chi connectivity index (χ0) is 16.4. The second-order valence-corrected chi connectivity index (χ2v) is 8.42. The van der Waals surface area contributed by atoms with Crippen LogP contribution in [0.2, 0.25) is 0 Å². The average molecular weight is 356 g/mol. The Bertz CT molecular complexity index is 818. The van der Waals surface area contributed by atoms with Gasteiger partial charge >= 0.3 is 6.03 Å². The quantitative estimate of drug-likeness (QED) is 0.724. The number of para-hydroxylation sites is 1. The van der Waals surface area contributed by atoms with Crippen molar-refractivity contribution in [3.8, 4) is 0 Å². The van der Waals surface area contributed by atoms with Gasteiger partial charge in [-0.1, -0.05) is 18.2 Å². The summed E-state index contributed by atoms with van der Waals surface area (Å²) in [6.45, 7) is 0.458. The van der Waals surface area contributed by atoms with Crippen molar-refractivity contribution >= 4 is 38.4 Å². The Balaban J connectivity index is 1.50. The molecule has 1 aromatic carbocycles. The van der Waals surface area contributed by atoms with Crippen molar-refractivity contribution < 1.29 is 13.2 Å². The average Bonchev–Trinajstić information content (AvgIpc) is 3.00. The molecule has 1 fully saturated rings.